The Morgan fingerprint density at radius 2 is 2.27 bits per heavy atom. The van der Waals surface area contributed by atoms with Crippen LogP contribution in [0.15, 0.2) is 29.2 Å². The smallest absolute Gasteiger partial charge is 0.259 e. The summed E-state index contributed by atoms with van der Waals surface area (Å²) in [7, 11) is 1.83. The van der Waals surface area contributed by atoms with Gasteiger partial charge in [-0.15, -0.1) is 0 Å². The predicted molar refractivity (Wildman–Crippen MR) is 90.1 cm³/mol. The molecule has 1 N–H and O–H groups in total. The summed E-state index contributed by atoms with van der Waals surface area (Å²) in [6.45, 7) is 3.46. The zero-order valence-electron chi connectivity index (χ0n) is 14.7. The average molecular weight is 356 g/mol. The summed E-state index contributed by atoms with van der Waals surface area (Å²) in [5, 5.41) is 18.8. The summed E-state index contributed by atoms with van der Waals surface area (Å²) < 4.78 is 8.72. The number of aliphatic hydroxyl groups is 1. The summed E-state index contributed by atoms with van der Waals surface area (Å²) in [5.41, 5.74) is 1.92. The van der Waals surface area contributed by atoms with Gasteiger partial charge in [0.15, 0.2) is 6.10 Å². The minimum absolute atomic E-state index is 0.0956. The first-order chi connectivity index (χ1) is 12.6. The van der Waals surface area contributed by atoms with E-state index in [9.17, 15) is 9.90 Å². The van der Waals surface area contributed by atoms with Gasteiger partial charge in [0.05, 0.1) is 30.7 Å². The van der Waals surface area contributed by atoms with Crippen molar-refractivity contribution in [3.05, 3.63) is 53.2 Å². The van der Waals surface area contributed by atoms with Crippen LogP contribution in [0, 0.1) is 0 Å². The van der Waals surface area contributed by atoms with E-state index in [1.807, 2.05) is 24.7 Å². The molecule has 0 saturated carbocycles. The van der Waals surface area contributed by atoms with Crippen molar-refractivity contribution >= 4 is 5.91 Å². The minimum Gasteiger partial charge on any atom is -0.379 e. The van der Waals surface area contributed by atoms with Gasteiger partial charge in [0.2, 0.25) is 0 Å². The van der Waals surface area contributed by atoms with Gasteiger partial charge in [0.1, 0.15) is 17.1 Å². The molecule has 1 atom stereocenters. The van der Waals surface area contributed by atoms with E-state index < -0.39 is 6.10 Å². The van der Waals surface area contributed by atoms with E-state index >= 15 is 0 Å². The van der Waals surface area contributed by atoms with E-state index in [0.29, 0.717) is 48.9 Å². The van der Waals surface area contributed by atoms with Crippen LogP contribution in [-0.2, 0) is 26.6 Å². The van der Waals surface area contributed by atoms with Crippen LogP contribution in [0.1, 0.15) is 46.4 Å². The second-order valence-electron chi connectivity index (χ2n) is 6.33. The molecule has 0 spiro atoms. The highest BCUT2D eigenvalue weighted by Crippen LogP contribution is 2.23. The van der Waals surface area contributed by atoms with Gasteiger partial charge in [0.25, 0.3) is 5.91 Å². The molecule has 0 fully saturated rings. The van der Waals surface area contributed by atoms with Gasteiger partial charge in [-0.3, -0.25) is 9.48 Å². The van der Waals surface area contributed by atoms with Crippen molar-refractivity contribution in [3.8, 4) is 0 Å². The van der Waals surface area contributed by atoms with E-state index in [1.165, 1.54) is 6.20 Å². The number of carbonyl (C=O) groups is 1. The fraction of sp³-hybridized carbons (Fsp3) is 0.412. The maximum atomic E-state index is 12.8. The van der Waals surface area contributed by atoms with Gasteiger partial charge in [-0.1, -0.05) is 12.1 Å². The molecule has 9 nitrogen and oxygen atoms in total. The Morgan fingerprint density at radius 1 is 1.42 bits per heavy atom. The lowest BCUT2D eigenvalue weighted by atomic mass is 10.1. The molecule has 3 aromatic rings. The Bertz CT molecular complexity index is 940. The number of amides is 1. The molecular formula is C17H20N6O3. The molecule has 4 rings (SSSR count). The van der Waals surface area contributed by atoms with E-state index in [4.69, 9.17) is 4.52 Å². The Balaban J connectivity index is 1.55. The minimum atomic E-state index is -0.901. The summed E-state index contributed by atoms with van der Waals surface area (Å²) in [6, 6.07) is 1.83. The molecule has 1 aliphatic rings. The van der Waals surface area contributed by atoms with Gasteiger partial charge in [0, 0.05) is 32.4 Å². The molecule has 0 aromatic carbocycles. The van der Waals surface area contributed by atoms with Gasteiger partial charge in [-0.2, -0.15) is 5.10 Å². The number of rotatable bonds is 4. The fourth-order valence-corrected chi connectivity index (χ4v) is 3.23. The van der Waals surface area contributed by atoms with E-state index in [-0.39, 0.29) is 5.91 Å². The third kappa shape index (κ3) is 2.70. The summed E-state index contributed by atoms with van der Waals surface area (Å²) in [4.78, 5) is 18.7. The van der Waals surface area contributed by atoms with E-state index in [2.05, 4.69) is 15.2 Å². The molecular weight excluding hydrogens is 336 g/mol. The van der Waals surface area contributed by atoms with Crippen LogP contribution >= 0.6 is 0 Å². The fourth-order valence-electron chi connectivity index (χ4n) is 3.23. The number of nitrogens with zero attached hydrogens (tertiary/aromatic N) is 6. The lowest BCUT2D eigenvalue weighted by molar-refractivity contribution is 0.0703. The number of hydrogen-bond acceptors (Lipinski definition) is 6. The third-order valence-corrected chi connectivity index (χ3v) is 4.68. The normalized spacial score (nSPS) is 15.1. The Kier molecular flexibility index (Phi) is 4.08. The van der Waals surface area contributed by atoms with Crippen LogP contribution in [0.3, 0.4) is 0 Å². The molecule has 3 aromatic heterocycles. The largest absolute Gasteiger partial charge is 0.379 e. The van der Waals surface area contributed by atoms with Gasteiger partial charge in [-0.25, -0.2) is 4.98 Å². The SMILES string of the molecule is CCc1oncc1C(=O)N1CCn2nc([C@@H](O)c3nccn3C)cc2C1. The number of aromatic nitrogens is 5. The molecule has 0 bridgehead atoms. The van der Waals surface area contributed by atoms with E-state index in [1.54, 1.807) is 21.9 Å². The highest BCUT2D eigenvalue weighted by atomic mass is 16.5. The molecule has 1 amide bonds. The van der Waals surface area contributed by atoms with Crippen molar-refractivity contribution < 1.29 is 14.4 Å². The second-order valence-corrected chi connectivity index (χ2v) is 6.33. The molecule has 4 heterocycles. The summed E-state index contributed by atoms with van der Waals surface area (Å²) in [5.74, 6) is 1.03. The first-order valence-electron chi connectivity index (χ1n) is 8.53. The number of aryl methyl sites for hydroxylation is 2. The van der Waals surface area contributed by atoms with Crippen molar-refractivity contribution in [1.82, 2.24) is 29.4 Å². The van der Waals surface area contributed by atoms with E-state index in [0.717, 1.165) is 5.69 Å². The number of imidazole rings is 1. The maximum absolute atomic E-state index is 12.8. The Labute approximate surface area is 149 Å². The van der Waals surface area contributed by atoms with Crippen molar-refractivity contribution in [3.63, 3.8) is 0 Å². The first-order valence-corrected chi connectivity index (χ1v) is 8.53. The second kappa shape index (κ2) is 6.41. The van der Waals surface area contributed by atoms with Crippen LogP contribution in [0.25, 0.3) is 0 Å². The highest BCUT2D eigenvalue weighted by Gasteiger charge is 2.28. The molecule has 136 valence electrons. The van der Waals surface area contributed by atoms with Crippen molar-refractivity contribution in [2.45, 2.75) is 32.5 Å². The van der Waals surface area contributed by atoms with Crippen molar-refractivity contribution in [2.75, 3.05) is 6.54 Å². The number of fused-ring (bicyclic) bond motifs is 1. The Hall–Kier alpha value is -2.94. The number of aliphatic hydroxyl groups excluding tert-OH is 1. The van der Waals surface area contributed by atoms with Crippen molar-refractivity contribution in [2.24, 2.45) is 7.05 Å². The van der Waals surface area contributed by atoms with Crippen molar-refractivity contribution in [1.29, 1.82) is 0 Å². The van der Waals surface area contributed by atoms with Crippen LogP contribution < -0.4 is 0 Å². The molecule has 0 radical (unpaired) electrons. The maximum Gasteiger partial charge on any atom is 0.259 e. The molecule has 9 heteroatoms. The summed E-state index contributed by atoms with van der Waals surface area (Å²) in [6.07, 6.45) is 4.61. The third-order valence-electron chi connectivity index (χ3n) is 4.68. The Morgan fingerprint density at radius 3 is 3.00 bits per heavy atom. The van der Waals surface area contributed by atoms with Gasteiger partial charge in [-0.05, 0) is 6.07 Å². The monoisotopic (exact) mass is 356 g/mol. The molecule has 1 aliphatic heterocycles. The number of hydrogen-bond donors (Lipinski definition) is 1. The van der Waals surface area contributed by atoms with Crippen LogP contribution in [0.4, 0.5) is 0 Å². The lowest BCUT2D eigenvalue weighted by Gasteiger charge is -2.27. The van der Waals surface area contributed by atoms with Gasteiger partial charge >= 0.3 is 0 Å². The van der Waals surface area contributed by atoms with Crippen LogP contribution in [-0.4, -0.2) is 46.9 Å². The molecule has 0 saturated heterocycles. The molecule has 26 heavy (non-hydrogen) atoms. The standard InChI is InChI=1S/C17H20N6O3/c1-3-14-12(9-19-26-14)17(25)22-6-7-23-11(10-22)8-13(20-23)15(24)16-18-4-5-21(16)2/h4-5,8-9,15,24H,3,6-7,10H2,1-2H3/t15-/m1/s1. The topological polar surface area (TPSA) is 102 Å². The zero-order chi connectivity index (χ0) is 18.3. The van der Waals surface area contributed by atoms with Crippen LogP contribution in [0.2, 0.25) is 0 Å². The van der Waals surface area contributed by atoms with Crippen LogP contribution in [0.5, 0.6) is 0 Å². The quantitative estimate of drug-likeness (QED) is 0.745. The van der Waals surface area contributed by atoms with Gasteiger partial charge < -0.3 is 19.1 Å². The predicted octanol–water partition coefficient (Wildman–Crippen LogP) is 0.905. The first kappa shape index (κ1) is 16.5. The summed E-state index contributed by atoms with van der Waals surface area (Å²) >= 11 is 0. The highest BCUT2D eigenvalue weighted by molar-refractivity contribution is 5.94. The average Bonchev–Trinajstić information content (AvgIpc) is 3.38. The zero-order valence-corrected chi connectivity index (χ0v) is 14.7. The number of carbonyl (C=O) groups excluding carboxylic acids is 1. The lowest BCUT2D eigenvalue weighted by Crippen LogP contribution is -2.38. The molecule has 0 unspecified atom stereocenters. The molecule has 0 aliphatic carbocycles.